The fourth-order valence-corrected chi connectivity index (χ4v) is 1.69. The molecule has 1 aromatic carbocycles. The lowest BCUT2D eigenvalue weighted by Crippen LogP contribution is -2.15. The maximum Gasteiger partial charge on any atom is 0.116 e. The van der Waals surface area contributed by atoms with Crippen LogP contribution in [0.3, 0.4) is 0 Å². The molecule has 0 saturated heterocycles. The number of nitrogens with one attached hydrogen (secondary N) is 1. The Morgan fingerprint density at radius 3 is 2.62 bits per heavy atom. The van der Waals surface area contributed by atoms with E-state index in [0.717, 1.165) is 17.8 Å². The van der Waals surface area contributed by atoms with Crippen LogP contribution >= 0.6 is 0 Å². The minimum atomic E-state index is 0.298. The maximum atomic E-state index is 9.54. The highest BCUT2D eigenvalue weighted by Crippen LogP contribution is 2.27. The zero-order valence-electron chi connectivity index (χ0n) is 10.4. The highest BCUT2D eigenvalue weighted by molar-refractivity contribution is 5.78. The fraction of sp³-hybridized carbons (Fsp3) is 0.385. The summed E-state index contributed by atoms with van der Waals surface area (Å²) in [5.41, 5.74) is 3.29. The summed E-state index contributed by atoms with van der Waals surface area (Å²) in [4.78, 5) is 2.11. The summed E-state index contributed by atoms with van der Waals surface area (Å²) < 4.78 is 0. The molecule has 16 heavy (non-hydrogen) atoms. The van der Waals surface area contributed by atoms with Crippen molar-refractivity contribution in [3.05, 3.63) is 29.8 Å². The molecule has 3 nitrogen and oxygen atoms in total. The van der Waals surface area contributed by atoms with Crippen molar-refractivity contribution >= 4 is 11.3 Å². The summed E-state index contributed by atoms with van der Waals surface area (Å²) in [7, 11) is 5.95. The van der Waals surface area contributed by atoms with E-state index < -0.39 is 0 Å². The smallest absolute Gasteiger partial charge is 0.116 e. The molecule has 0 fully saturated rings. The first-order valence-electron chi connectivity index (χ1n) is 5.39. The van der Waals surface area contributed by atoms with Crippen LogP contribution in [-0.4, -0.2) is 37.7 Å². The van der Waals surface area contributed by atoms with E-state index in [1.165, 1.54) is 5.57 Å². The van der Waals surface area contributed by atoms with Crippen molar-refractivity contribution in [1.29, 1.82) is 0 Å². The lowest BCUT2D eigenvalue weighted by Gasteiger charge is -2.16. The summed E-state index contributed by atoms with van der Waals surface area (Å²) in [5, 5.41) is 12.7. The predicted octanol–water partition coefficient (Wildman–Crippen LogP) is 2.40. The SMILES string of the molecule is C/C=C(\CN(C)C)c1cc(O)ccc1NC. The first-order chi connectivity index (χ1) is 7.58. The molecular formula is C13H20N2O. The van der Waals surface area contributed by atoms with Crippen molar-refractivity contribution in [1.82, 2.24) is 4.90 Å². The second-order valence-corrected chi connectivity index (χ2v) is 4.03. The number of anilines is 1. The molecule has 2 N–H and O–H groups in total. The second-order valence-electron chi connectivity index (χ2n) is 4.03. The van der Waals surface area contributed by atoms with Crippen molar-refractivity contribution in [2.45, 2.75) is 6.92 Å². The van der Waals surface area contributed by atoms with Crippen molar-refractivity contribution in [3.63, 3.8) is 0 Å². The van der Waals surface area contributed by atoms with Crippen LogP contribution in [0.4, 0.5) is 5.69 Å². The number of hydrogen-bond donors (Lipinski definition) is 2. The van der Waals surface area contributed by atoms with Crippen molar-refractivity contribution < 1.29 is 5.11 Å². The number of phenols is 1. The number of nitrogens with zero attached hydrogens (tertiary/aromatic N) is 1. The monoisotopic (exact) mass is 220 g/mol. The molecule has 3 heteroatoms. The molecule has 0 atom stereocenters. The van der Waals surface area contributed by atoms with Gasteiger partial charge >= 0.3 is 0 Å². The van der Waals surface area contributed by atoms with Crippen LogP contribution in [0.2, 0.25) is 0 Å². The van der Waals surface area contributed by atoms with Gasteiger partial charge in [0.05, 0.1) is 0 Å². The Bertz CT molecular complexity index is 384. The number of rotatable bonds is 4. The largest absolute Gasteiger partial charge is 0.508 e. The van der Waals surface area contributed by atoms with Gasteiger partial charge in [0.1, 0.15) is 5.75 Å². The fourth-order valence-electron chi connectivity index (χ4n) is 1.69. The summed E-state index contributed by atoms with van der Waals surface area (Å²) in [6, 6.07) is 5.38. The quantitative estimate of drug-likeness (QED) is 0.765. The van der Waals surface area contributed by atoms with E-state index in [1.54, 1.807) is 12.1 Å². The Balaban J connectivity index is 3.13. The zero-order valence-corrected chi connectivity index (χ0v) is 10.4. The third-order valence-electron chi connectivity index (χ3n) is 2.45. The van der Waals surface area contributed by atoms with Gasteiger partial charge < -0.3 is 15.3 Å². The van der Waals surface area contributed by atoms with Crippen molar-refractivity contribution in [2.24, 2.45) is 0 Å². The van der Waals surface area contributed by atoms with Gasteiger partial charge in [-0.2, -0.15) is 0 Å². The summed E-state index contributed by atoms with van der Waals surface area (Å²) in [6.07, 6.45) is 2.08. The van der Waals surface area contributed by atoms with E-state index in [-0.39, 0.29) is 0 Å². The molecule has 0 spiro atoms. The Hall–Kier alpha value is -1.48. The number of aromatic hydroxyl groups is 1. The third-order valence-corrected chi connectivity index (χ3v) is 2.45. The van der Waals surface area contributed by atoms with Gasteiger partial charge in [-0.3, -0.25) is 0 Å². The van der Waals surface area contributed by atoms with Crippen LogP contribution in [-0.2, 0) is 0 Å². The molecule has 0 aliphatic rings. The molecule has 0 aromatic heterocycles. The van der Waals surface area contributed by atoms with E-state index in [9.17, 15) is 5.11 Å². The Morgan fingerprint density at radius 2 is 2.12 bits per heavy atom. The zero-order chi connectivity index (χ0) is 12.1. The lowest BCUT2D eigenvalue weighted by molar-refractivity contribution is 0.462. The molecule has 0 unspecified atom stereocenters. The molecule has 0 radical (unpaired) electrons. The molecule has 88 valence electrons. The molecule has 0 aliphatic carbocycles. The predicted molar refractivity (Wildman–Crippen MR) is 69.9 cm³/mol. The number of allylic oxidation sites excluding steroid dienone is 1. The Labute approximate surface area is 97.4 Å². The van der Waals surface area contributed by atoms with Gasteiger partial charge in [0.2, 0.25) is 0 Å². The molecule has 0 aliphatic heterocycles. The van der Waals surface area contributed by atoms with Crippen LogP contribution in [0, 0.1) is 0 Å². The minimum Gasteiger partial charge on any atom is -0.508 e. The van der Waals surface area contributed by atoms with Gasteiger partial charge in [0.15, 0.2) is 0 Å². The molecule has 1 aromatic rings. The number of hydrogen-bond acceptors (Lipinski definition) is 3. The van der Waals surface area contributed by atoms with Gasteiger partial charge in [0, 0.05) is 24.8 Å². The van der Waals surface area contributed by atoms with Gasteiger partial charge in [-0.15, -0.1) is 0 Å². The summed E-state index contributed by atoms with van der Waals surface area (Å²) in [6.45, 7) is 2.87. The second kappa shape index (κ2) is 5.56. The number of likely N-dealkylation sites (N-methyl/N-ethyl adjacent to an activating group) is 1. The average Bonchev–Trinajstić information content (AvgIpc) is 2.25. The van der Waals surface area contributed by atoms with Crippen LogP contribution in [0.15, 0.2) is 24.3 Å². The first kappa shape index (κ1) is 12.6. The Kier molecular flexibility index (Phi) is 4.38. The van der Waals surface area contributed by atoms with E-state index >= 15 is 0 Å². The van der Waals surface area contributed by atoms with E-state index in [1.807, 2.05) is 34.1 Å². The third kappa shape index (κ3) is 3.00. The highest BCUT2D eigenvalue weighted by atomic mass is 16.3. The minimum absolute atomic E-state index is 0.298. The van der Waals surface area contributed by atoms with Crippen LogP contribution in [0.1, 0.15) is 12.5 Å². The molecule has 0 bridgehead atoms. The van der Waals surface area contributed by atoms with Crippen LogP contribution in [0.25, 0.3) is 5.57 Å². The average molecular weight is 220 g/mol. The van der Waals surface area contributed by atoms with E-state index in [2.05, 4.69) is 16.3 Å². The molecular weight excluding hydrogens is 200 g/mol. The van der Waals surface area contributed by atoms with Crippen LogP contribution < -0.4 is 5.32 Å². The number of benzene rings is 1. The normalized spacial score (nSPS) is 11.9. The van der Waals surface area contributed by atoms with Gasteiger partial charge in [0.25, 0.3) is 0 Å². The van der Waals surface area contributed by atoms with E-state index in [0.29, 0.717) is 5.75 Å². The lowest BCUT2D eigenvalue weighted by atomic mass is 10.0. The number of phenolic OH excluding ortho intramolecular Hbond substituents is 1. The van der Waals surface area contributed by atoms with Crippen molar-refractivity contribution in [2.75, 3.05) is 33.0 Å². The summed E-state index contributed by atoms with van der Waals surface area (Å²) >= 11 is 0. The molecule has 0 amide bonds. The highest BCUT2D eigenvalue weighted by Gasteiger charge is 2.08. The standard InChI is InChI=1S/C13H20N2O/c1-5-10(9-15(3)4)12-8-11(16)6-7-13(12)14-2/h5-8,14,16H,9H2,1-4H3/b10-5+. The van der Waals surface area contributed by atoms with Gasteiger partial charge in [-0.25, -0.2) is 0 Å². The van der Waals surface area contributed by atoms with Crippen LogP contribution in [0.5, 0.6) is 5.75 Å². The first-order valence-corrected chi connectivity index (χ1v) is 5.39. The molecule has 0 saturated carbocycles. The van der Waals surface area contributed by atoms with Gasteiger partial charge in [-0.1, -0.05) is 6.08 Å². The molecule has 1 rings (SSSR count). The maximum absolute atomic E-state index is 9.54. The van der Waals surface area contributed by atoms with Gasteiger partial charge in [-0.05, 0) is 44.8 Å². The Morgan fingerprint density at radius 1 is 1.44 bits per heavy atom. The van der Waals surface area contributed by atoms with Crippen molar-refractivity contribution in [3.8, 4) is 5.75 Å². The topological polar surface area (TPSA) is 35.5 Å². The summed E-state index contributed by atoms with van der Waals surface area (Å²) in [5.74, 6) is 0.298. The van der Waals surface area contributed by atoms with E-state index in [4.69, 9.17) is 0 Å². The molecule has 0 heterocycles.